The van der Waals surface area contributed by atoms with Crippen LogP contribution in [0.4, 0.5) is 8.78 Å². The van der Waals surface area contributed by atoms with Gasteiger partial charge < -0.3 is 9.79 Å². The molecular weight excluding hydrogens is 177 g/mol. The molecule has 0 aliphatic heterocycles. The molecule has 6 heteroatoms. The molecule has 0 heterocycles. The molecule has 0 aliphatic rings. The molecule has 0 bridgehead atoms. The minimum atomic E-state index is -4.46. The van der Waals surface area contributed by atoms with Gasteiger partial charge in [-0.25, -0.2) is 8.78 Å². The molecule has 0 saturated carbocycles. The second-order valence-electron chi connectivity index (χ2n) is 1.72. The maximum Gasteiger partial charge on any atom is 0.336 e. The molecule has 0 aromatic heterocycles. The normalized spacial score (nSPS) is 13.9. The molecule has 0 radical (unpaired) electrons. The highest BCUT2D eigenvalue weighted by atomic mass is 31.2. The highest BCUT2D eigenvalue weighted by molar-refractivity contribution is 7.53. The van der Waals surface area contributed by atoms with Crippen molar-refractivity contribution in [1.82, 2.24) is 0 Å². The van der Waals surface area contributed by atoms with Crippen LogP contribution in [-0.4, -0.2) is 15.4 Å². The molecule has 11 heavy (non-hydrogen) atoms. The zero-order chi connectivity index (χ0) is 8.91. The largest absolute Gasteiger partial charge is 0.336 e. The Morgan fingerprint density at radius 3 is 1.73 bits per heavy atom. The summed E-state index contributed by atoms with van der Waals surface area (Å²) in [6.45, 7) is 0. The highest BCUT2D eigenvalue weighted by Gasteiger charge is 2.23. The Balaban J connectivity index is 4.48. The molecule has 64 valence electrons. The zero-order valence-electron chi connectivity index (χ0n) is 5.39. The lowest BCUT2D eigenvalue weighted by Gasteiger charge is -2.07. The topological polar surface area (TPSA) is 57.5 Å². The van der Waals surface area contributed by atoms with Crippen molar-refractivity contribution in [2.45, 2.75) is 5.66 Å². The van der Waals surface area contributed by atoms with Gasteiger partial charge in [-0.1, -0.05) is 0 Å². The van der Waals surface area contributed by atoms with Crippen LogP contribution in [0.25, 0.3) is 0 Å². The Bertz CT molecular complexity index is 196. The first-order chi connectivity index (χ1) is 5.02. The van der Waals surface area contributed by atoms with Gasteiger partial charge in [0.1, 0.15) is 5.66 Å². The van der Waals surface area contributed by atoms with Crippen molar-refractivity contribution >= 4 is 7.60 Å². The molecule has 2 N–H and O–H groups in total. The third-order valence-electron chi connectivity index (χ3n) is 0.928. The average Bonchev–Trinajstić information content (AvgIpc) is 1.85. The number of allylic oxidation sites excluding steroid dienone is 2. The average molecular weight is 184 g/mol. The van der Waals surface area contributed by atoms with Crippen LogP contribution in [0, 0.1) is 0 Å². The van der Waals surface area contributed by atoms with E-state index in [9.17, 15) is 13.3 Å². The number of rotatable bonds is 3. The third-order valence-corrected chi connectivity index (χ3v) is 2.05. The van der Waals surface area contributed by atoms with Gasteiger partial charge in [0.05, 0.1) is 12.7 Å². The van der Waals surface area contributed by atoms with Crippen LogP contribution in [0.3, 0.4) is 0 Å². The summed E-state index contributed by atoms with van der Waals surface area (Å²) in [7, 11) is -4.46. The molecule has 0 rings (SSSR count). The molecule has 0 unspecified atom stereocenters. The van der Waals surface area contributed by atoms with Crippen LogP contribution in [-0.2, 0) is 4.57 Å². The van der Waals surface area contributed by atoms with Gasteiger partial charge >= 0.3 is 7.60 Å². The monoisotopic (exact) mass is 184 g/mol. The van der Waals surface area contributed by atoms with Gasteiger partial charge in [-0.05, 0) is 12.2 Å². The van der Waals surface area contributed by atoms with Gasteiger partial charge in [0.25, 0.3) is 0 Å². The van der Waals surface area contributed by atoms with E-state index in [1.165, 1.54) is 0 Å². The van der Waals surface area contributed by atoms with Crippen LogP contribution < -0.4 is 0 Å². The minimum Gasteiger partial charge on any atom is -0.324 e. The summed E-state index contributed by atoms with van der Waals surface area (Å²) in [5.74, 6) is 0. The molecule has 3 nitrogen and oxygen atoms in total. The molecule has 0 atom stereocenters. The van der Waals surface area contributed by atoms with Gasteiger partial charge in [-0.3, -0.25) is 4.57 Å². The summed E-state index contributed by atoms with van der Waals surface area (Å²) < 4.78 is 33.2. The van der Waals surface area contributed by atoms with E-state index in [4.69, 9.17) is 9.79 Å². The van der Waals surface area contributed by atoms with E-state index in [0.29, 0.717) is 12.2 Å². The lowest BCUT2D eigenvalue weighted by molar-refractivity contribution is 0.370. The lowest BCUT2D eigenvalue weighted by Crippen LogP contribution is -1.99. The predicted molar refractivity (Wildman–Crippen MR) is 36.3 cm³/mol. The molecule has 0 fully saturated rings. The molecule has 0 aromatic rings. The highest BCUT2D eigenvalue weighted by Crippen LogP contribution is 2.42. The SMILES string of the molecule is O=P(O)(O)C(/C=C/F)/C=C/F. The summed E-state index contributed by atoms with van der Waals surface area (Å²) in [6, 6.07) is 0. The molecule has 0 aromatic carbocycles. The molecular formula is C5H7F2O3P. The van der Waals surface area contributed by atoms with Crippen LogP contribution in [0.1, 0.15) is 0 Å². The Morgan fingerprint density at radius 1 is 1.18 bits per heavy atom. The van der Waals surface area contributed by atoms with Crippen LogP contribution in [0.2, 0.25) is 0 Å². The lowest BCUT2D eigenvalue weighted by atomic mass is 10.4. The fraction of sp³-hybridized carbons (Fsp3) is 0.200. The maximum atomic E-state index is 11.4. The van der Waals surface area contributed by atoms with Crippen LogP contribution in [0.5, 0.6) is 0 Å². The van der Waals surface area contributed by atoms with E-state index in [-0.39, 0.29) is 12.7 Å². The van der Waals surface area contributed by atoms with Gasteiger partial charge in [0, 0.05) is 0 Å². The fourth-order valence-corrected chi connectivity index (χ4v) is 1.02. The Hall–Kier alpha value is -0.510. The molecule has 0 amide bonds. The van der Waals surface area contributed by atoms with Crippen molar-refractivity contribution in [3.8, 4) is 0 Å². The van der Waals surface area contributed by atoms with E-state index in [0.717, 1.165) is 0 Å². The second kappa shape index (κ2) is 4.38. The zero-order valence-corrected chi connectivity index (χ0v) is 6.29. The Labute approximate surface area is 62.2 Å². The fourth-order valence-electron chi connectivity index (χ4n) is 0.437. The smallest absolute Gasteiger partial charge is 0.324 e. The predicted octanol–water partition coefficient (Wildman–Crippen LogP) is 1.50. The van der Waals surface area contributed by atoms with Crippen molar-refractivity contribution in [3.05, 3.63) is 24.8 Å². The maximum absolute atomic E-state index is 11.4. The van der Waals surface area contributed by atoms with E-state index >= 15 is 0 Å². The van der Waals surface area contributed by atoms with Crippen molar-refractivity contribution in [2.24, 2.45) is 0 Å². The van der Waals surface area contributed by atoms with Crippen molar-refractivity contribution in [2.75, 3.05) is 0 Å². The summed E-state index contributed by atoms with van der Waals surface area (Å²) in [6.07, 6.45) is 1.08. The van der Waals surface area contributed by atoms with Gasteiger partial charge in [-0.15, -0.1) is 0 Å². The van der Waals surface area contributed by atoms with Crippen molar-refractivity contribution in [3.63, 3.8) is 0 Å². The number of hydrogen-bond donors (Lipinski definition) is 2. The van der Waals surface area contributed by atoms with E-state index in [1.54, 1.807) is 0 Å². The molecule has 0 aliphatic carbocycles. The first-order valence-electron chi connectivity index (χ1n) is 2.61. The second-order valence-corrected chi connectivity index (χ2v) is 3.49. The van der Waals surface area contributed by atoms with E-state index < -0.39 is 13.3 Å². The standard InChI is InChI=1S/C5H7F2O3P/c6-3-1-5(2-4-7)11(8,9)10/h1-5H,(H2,8,9,10)/b3-1+,4-2+. The van der Waals surface area contributed by atoms with Crippen LogP contribution in [0.15, 0.2) is 24.8 Å². The van der Waals surface area contributed by atoms with Crippen molar-refractivity contribution < 1.29 is 23.1 Å². The summed E-state index contributed by atoms with van der Waals surface area (Å²) in [5.41, 5.74) is -1.52. The first kappa shape index (κ1) is 10.5. The summed E-state index contributed by atoms with van der Waals surface area (Å²) in [4.78, 5) is 16.8. The molecule has 0 saturated heterocycles. The van der Waals surface area contributed by atoms with Gasteiger partial charge in [0.2, 0.25) is 0 Å². The summed E-state index contributed by atoms with van der Waals surface area (Å²) in [5, 5.41) is 0. The minimum absolute atomic E-state index is 0.0379. The first-order valence-corrected chi connectivity index (χ1v) is 4.29. The quantitative estimate of drug-likeness (QED) is 0.653. The Morgan fingerprint density at radius 2 is 1.55 bits per heavy atom. The van der Waals surface area contributed by atoms with E-state index in [1.807, 2.05) is 0 Å². The van der Waals surface area contributed by atoms with Crippen LogP contribution >= 0.6 is 7.60 Å². The Kier molecular flexibility index (Phi) is 4.18. The number of hydrogen-bond acceptors (Lipinski definition) is 1. The third kappa shape index (κ3) is 4.03. The van der Waals surface area contributed by atoms with Crippen molar-refractivity contribution in [1.29, 1.82) is 0 Å². The molecule has 0 spiro atoms. The van der Waals surface area contributed by atoms with Gasteiger partial charge in [-0.2, -0.15) is 0 Å². The summed E-state index contributed by atoms with van der Waals surface area (Å²) >= 11 is 0. The number of halogens is 2. The van der Waals surface area contributed by atoms with E-state index in [2.05, 4.69) is 0 Å². The van der Waals surface area contributed by atoms with Gasteiger partial charge in [0.15, 0.2) is 0 Å².